The van der Waals surface area contributed by atoms with E-state index in [1.165, 1.54) is 35.0 Å². The molecule has 0 aliphatic rings. The first kappa shape index (κ1) is 38.2. The van der Waals surface area contributed by atoms with E-state index < -0.39 is 65.0 Å². The molecule has 0 saturated heterocycles. The minimum absolute atomic E-state index is 0.0124. The molecule has 0 aliphatic carbocycles. The summed E-state index contributed by atoms with van der Waals surface area (Å²) in [5, 5.41) is 14.9. The molecule has 1 heterocycles. The van der Waals surface area contributed by atoms with Gasteiger partial charge in [-0.3, -0.25) is 19.2 Å². The van der Waals surface area contributed by atoms with E-state index in [0.717, 1.165) is 6.07 Å². The summed E-state index contributed by atoms with van der Waals surface area (Å²) in [7, 11) is 3.64. The predicted molar refractivity (Wildman–Crippen MR) is 174 cm³/mol. The molecule has 3 rings (SSSR count). The smallest absolute Gasteiger partial charge is 0.419 e. The third kappa shape index (κ3) is 9.66. The second-order valence-corrected chi connectivity index (χ2v) is 12.8. The first-order valence-corrected chi connectivity index (χ1v) is 15.5. The van der Waals surface area contributed by atoms with Crippen LogP contribution in [0.15, 0.2) is 47.4 Å². The highest BCUT2D eigenvalue weighted by atomic mass is 35.5. The topological polar surface area (TPSA) is 121 Å². The molecule has 1 aromatic heterocycles. The predicted octanol–water partition coefficient (Wildman–Crippen LogP) is 5.98. The number of likely N-dealkylation sites (N-methyl/N-ethyl adjacent to an activating group) is 1. The summed E-state index contributed by atoms with van der Waals surface area (Å²) in [6, 6.07) is 4.45. The standard InChI is InChI=1S/C34H39ClF4N4O5/c1-18(2)12-27(41-31(46)23-8-7-9-43(33(23)48)11-10-42(5)6)32(47)40-26(17-28(44)45)24-15-21(16-25(30(24)36)34(37,38)39)29-19(3)13-22(35)14-20(29)4/h7-9,13-16,18,26-27H,10-12,17H2,1-6H3,(H,40,47)(H,41,46)(H,44,45)/t26-,27-/m0/s1. The first-order valence-electron chi connectivity index (χ1n) is 15.1. The molecular formula is C34H39ClF4N4O5. The Bertz CT molecular complexity index is 1720. The molecule has 3 aromatic rings. The Labute approximate surface area is 280 Å². The number of alkyl halides is 3. The summed E-state index contributed by atoms with van der Waals surface area (Å²) >= 11 is 6.11. The van der Waals surface area contributed by atoms with Crippen LogP contribution >= 0.6 is 11.6 Å². The summed E-state index contributed by atoms with van der Waals surface area (Å²) in [4.78, 5) is 53.7. The summed E-state index contributed by atoms with van der Waals surface area (Å²) in [5.41, 5.74) is -1.94. The summed E-state index contributed by atoms with van der Waals surface area (Å²) in [5.74, 6) is -5.32. The van der Waals surface area contributed by atoms with Crippen molar-refractivity contribution < 1.29 is 37.1 Å². The number of aliphatic carboxylic acids is 1. The van der Waals surface area contributed by atoms with Crippen LogP contribution in [0, 0.1) is 25.6 Å². The second kappa shape index (κ2) is 15.8. The summed E-state index contributed by atoms with van der Waals surface area (Å²) in [6.07, 6.45) is -4.61. The Morgan fingerprint density at radius 1 is 1.04 bits per heavy atom. The molecule has 48 heavy (non-hydrogen) atoms. The fourth-order valence-electron chi connectivity index (χ4n) is 5.44. The van der Waals surface area contributed by atoms with Gasteiger partial charge in [0, 0.05) is 29.9 Å². The molecule has 0 radical (unpaired) electrons. The fourth-order valence-corrected chi connectivity index (χ4v) is 5.76. The lowest BCUT2D eigenvalue weighted by Crippen LogP contribution is -2.49. The van der Waals surface area contributed by atoms with E-state index in [0.29, 0.717) is 40.9 Å². The lowest BCUT2D eigenvalue weighted by atomic mass is 9.90. The van der Waals surface area contributed by atoms with Gasteiger partial charge >= 0.3 is 12.1 Å². The van der Waals surface area contributed by atoms with Crippen molar-refractivity contribution in [2.45, 2.75) is 65.3 Å². The highest BCUT2D eigenvalue weighted by molar-refractivity contribution is 6.30. The van der Waals surface area contributed by atoms with Crippen LogP contribution in [-0.2, 0) is 22.3 Å². The average Bonchev–Trinajstić information content (AvgIpc) is 2.94. The van der Waals surface area contributed by atoms with Gasteiger partial charge in [-0.15, -0.1) is 0 Å². The number of benzene rings is 2. The van der Waals surface area contributed by atoms with Crippen molar-refractivity contribution in [2.75, 3.05) is 20.6 Å². The van der Waals surface area contributed by atoms with Crippen LogP contribution in [0.25, 0.3) is 11.1 Å². The average molecular weight is 695 g/mol. The number of hydrogen-bond donors (Lipinski definition) is 3. The number of hydrogen-bond acceptors (Lipinski definition) is 5. The number of amides is 2. The van der Waals surface area contributed by atoms with Gasteiger partial charge in [-0.05, 0) is 98.9 Å². The number of carboxylic acids is 1. The molecule has 2 aromatic carbocycles. The number of rotatable bonds is 13. The van der Waals surface area contributed by atoms with Gasteiger partial charge in [0.05, 0.1) is 18.0 Å². The van der Waals surface area contributed by atoms with Gasteiger partial charge in [-0.1, -0.05) is 25.4 Å². The maximum absolute atomic E-state index is 15.7. The van der Waals surface area contributed by atoms with Gasteiger partial charge in [-0.25, -0.2) is 4.39 Å². The largest absolute Gasteiger partial charge is 0.481 e. The number of nitrogens with one attached hydrogen (secondary N) is 2. The number of aryl methyl sites for hydroxylation is 2. The molecule has 0 spiro atoms. The summed E-state index contributed by atoms with van der Waals surface area (Å²) in [6.45, 7) is 7.52. The lowest BCUT2D eigenvalue weighted by molar-refractivity contribution is -0.140. The van der Waals surface area contributed by atoms with E-state index in [1.54, 1.807) is 27.7 Å². The van der Waals surface area contributed by atoms with Crippen LogP contribution < -0.4 is 16.2 Å². The van der Waals surface area contributed by atoms with Gasteiger partial charge in [0.2, 0.25) is 5.91 Å². The van der Waals surface area contributed by atoms with Crippen molar-refractivity contribution in [1.82, 2.24) is 20.1 Å². The Kier molecular flexibility index (Phi) is 12.6. The van der Waals surface area contributed by atoms with Crippen LogP contribution in [0.3, 0.4) is 0 Å². The molecule has 0 unspecified atom stereocenters. The van der Waals surface area contributed by atoms with Gasteiger partial charge in [0.25, 0.3) is 11.5 Å². The zero-order valence-electron chi connectivity index (χ0n) is 27.5. The number of carbonyl (C=O) groups excluding carboxylic acids is 2. The molecule has 0 aliphatic heterocycles. The monoisotopic (exact) mass is 694 g/mol. The van der Waals surface area contributed by atoms with E-state index in [-0.39, 0.29) is 23.5 Å². The van der Waals surface area contributed by atoms with Crippen molar-refractivity contribution in [3.05, 3.63) is 91.6 Å². The highest BCUT2D eigenvalue weighted by Gasteiger charge is 2.38. The molecule has 14 heteroatoms. The van der Waals surface area contributed by atoms with Crippen molar-refractivity contribution in [3.8, 4) is 11.1 Å². The lowest BCUT2D eigenvalue weighted by Gasteiger charge is -2.26. The molecule has 9 nitrogen and oxygen atoms in total. The Balaban J connectivity index is 2.07. The third-order valence-corrected chi connectivity index (χ3v) is 7.86. The molecular weight excluding hydrogens is 656 g/mol. The van der Waals surface area contributed by atoms with Crippen LogP contribution in [-0.4, -0.2) is 59.0 Å². The van der Waals surface area contributed by atoms with Crippen molar-refractivity contribution >= 4 is 29.4 Å². The number of carboxylic acid groups (broad SMARTS) is 1. The highest BCUT2D eigenvalue weighted by Crippen LogP contribution is 2.40. The number of carbonyl (C=O) groups is 3. The normalized spacial score (nSPS) is 13.0. The summed E-state index contributed by atoms with van der Waals surface area (Å²) < 4.78 is 59.5. The van der Waals surface area contributed by atoms with Gasteiger partial charge in [-0.2, -0.15) is 13.2 Å². The molecule has 3 N–H and O–H groups in total. The second-order valence-electron chi connectivity index (χ2n) is 12.4. The number of pyridine rings is 1. The number of aromatic nitrogens is 1. The number of nitrogens with zero attached hydrogens (tertiary/aromatic N) is 2. The van der Waals surface area contributed by atoms with E-state index in [9.17, 15) is 37.5 Å². The van der Waals surface area contributed by atoms with Crippen molar-refractivity contribution in [2.24, 2.45) is 5.92 Å². The molecule has 2 atom stereocenters. The van der Waals surface area contributed by atoms with Gasteiger partial charge in [0.1, 0.15) is 17.4 Å². The van der Waals surface area contributed by atoms with Gasteiger partial charge in [0.15, 0.2) is 0 Å². The van der Waals surface area contributed by atoms with E-state index in [2.05, 4.69) is 10.6 Å². The van der Waals surface area contributed by atoms with Crippen LogP contribution in [0.2, 0.25) is 5.02 Å². The minimum atomic E-state index is -5.16. The van der Waals surface area contributed by atoms with Crippen molar-refractivity contribution in [1.29, 1.82) is 0 Å². The Morgan fingerprint density at radius 2 is 1.67 bits per heavy atom. The van der Waals surface area contributed by atoms with Crippen LogP contribution in [0.5, 0.6) is 0 Å². The maximum Gasteiger partial charge on any atom is 0.419 e. The minimum Gasteiger partial charge on any atom is -0.481 e. The SMILES string of the molecule is Cc1cc(Cl)cc(C)c1-c1cc([C@H](CC(=O)O)NC(=O)[C@H](CC(C)C)NC(=O)c2cccn(CCN(C)C)c2=O)c(F)c(C(F)(F)F)c1. The van der Waals surface area contributed by atoms with Crippen molar-refractivity contribution in [3.63, 3.8) is 0 Å². The third-order valence-electron chi connectivity index (χ3n) is 7.64. The fraction of sp³-hybridized carbons (Fsp3) is 0.412. The molecule has 2 amide bonds. The first-order chi connectivity index (χ1) is 22.3. The molecule has 260 valence electrons. The quantitative estimate of drug-likeness (QED) is 0.189. The molecule has 0 saturated carbocycles. The molecule has 0 fully saturated rings. The maximum atomic E-state index is 15.7. The zero-order valence-corrected chi connectivity index (χ0v) is 28.2. The van der Waals surface area contributed by atoms with Crippen LogP contribution in [0.4, 0.5) is 17.6 Å². The molecule has 0 bridgehead atoms. The Hall–Kier alpha value is -4.23. The Morgan fingerprint density at radius 3 is 2.21 bits per heavy atom. The van der Waals surface area contributed by atoms with Gasteiger partial charge < -0.3 is 25.2 Å². The zero-order chi connectivity index (χ0) is 36.1. The van der Waals surface area contributed by atoms with E-state index in [1.807, 2.05) is 19.0 Å². The van der Waals surface area contributed by atoms with Crippen LogP contribution in [0.1, 0.15) is 65.3 Å². The van der Waals surface area contributed by atoms with E-state index >= 15 is 4.39 Å². The number of halogens is 5. The van der Waals surface area contributed by atoms with E-state index in [4.69, 9.17) is 11.6 Å².